The lowest BCUT2D eigenvalue weighted by molar-refractivity contribution is 0.353. The Morgan fingerprint density at radius 2 is 1.35 bits per heavy atom. The predicted molar refractivity (Wildman–Crippen MR) is 86.8 cm³/mol. The number of benzene rings is 2. The maximum absolute atomic E-state index is 3.65. The fraction of sp³-hybridized carbons (Fsp3) is 0.368. The van der Waals surface area contributed by atoms with Crippen LogP contribution < -0.4 is 5.32 Å². The molecule has 3 unspecified atom stereocenters. The second-order valence-corrected chi connectivity index (χ2v) is 5.71. The van der Waals surface area contributed by atoms with Crippen molar-refractivity contribution < 1.29 is 0 Å². The normalized spacial score (nSPS) is 15.6. The lowest BCUT2D eigenvalue weighted by Crippen LogP contribution is -2.34. The first kappa shape index (κ1) is 14.8. The van der Waals surface area contributed by atoms with E-state index in [0.29, 0.717) is 17.9 Å². The summed E-state index contributed by atoms with van der Waals surface area (Å²) in [6.07, 6.45) is 0. The van der Waals surface area contributed by atoms with E-state index in [1.807, 2.05) is 0 Å². The van der Waals surface area contributed by atoms with Crippen molar-refractivity contribution >= 4 is 0 Å². The van der Waals surface area contributed by atoms with Crippen molar-refractivity contribution in [2.75, 3.05) is 0 Å². The maximum atomic E-state index is 3.65. The molecule has 0 aliphatic carbocycles. The molecule has 0 aliphatic heterocycles. The van der Waals surface area contributed by atoms with Crippen LogP contribution in [0.1, 0.15) is 37.8 Å². The van der Waals surface area contributed by atoms with E-state index in [2.05, 4.69) is 86.8 Å². The van der Waals surface area contributed by atoms with Crippen molar-refractivity contribution in [1.82, 2.24) is 5.32 Å². The zero-order chi connectivity index (χ0) is 14.4. The Bertz CT molecular complexity index is 492. The molecule has 0 heterocycles. The van der Waals surface area contributed by atoms with Gasteiger partial charge < -0.3 is 5.32 Å². The van der Waals surface area contributed by atoms with E-state index in [-0.39, 0.29) is 0 Å². The van der Waals surface area contributed by atoms with Gasteiger partial charge in [-0.1, -0.05) is 74.5 Å². The topological polar surface area (TPSA) is 12.0 Å². The molecule has 1 nitrogen and oxygen atoms in total. The smallest absolute Gasteiger partial charge is 0.0208 e. The summed E-state index contributed by atoms with van der Waals surface area (Å²) in [5.74, 6) is 1.16. The van der Waals surface area contributed by atoms with Gasteiger partial charge in [-0.25, -0.2) is 0 Å². The molecule has 0 amide bonds. The molecule has 0 spiro atoms. The maximum Gasteiger partial charge on any atom is 0.0208 e. The van der Waals surface area contributed by atoms with Crippen LogP contribution in [0.3, 0.4) is 0 Å². The average molecular weight is 267 g/mol. The van der Waals surface area contributed by atoms with Crippen molar-refractivity contribution in [2.45, 2.75) is 39.3 Å². The predicted octanol–water partition coefficient (Wildman–Crippen LogP) is 4.60. The van der Waals surface area contributed by atoms with Gasteiger partial charge in [0.25, 0.3) is 0 Å². The highest BCUT2D eigenvalue weighted by Crippen LogP contribution is 2.26. The highest BCUT2D eigenvalue weighted by Gasteiger charge is 2.19. The highest BCUT2D eigenvalue weighted by atomic mass is 14.9. The molecule has 0 radical (unpaired) electrons. The van der Waals surface area contributed by atoms with Crippen LogP contribution in [0.5, 0.6) is 0 Å². The van der Waals surface area contributed by atoms with E-state index < -0.39 is 0 Å². The molecule has 1 heteroatoms. The molecule has 0 aromatic heterocycles. The molecule has 0 fully saturated rings. The number of hydrogen-bond donors (Lipinski definition) is 1. The Balaban J connectivity index is 1.90. The first-order chi connectivity index (χ1) is 9.68. The molecule has 106 valence electrons. The van der Waals surface area contributed by atoms with Crippen LogP contribution in [0.2, 0.25) is 0 Å². The van der Waals surface area contributed by atoms with Gasteiger partial charge in [0.2, 0.25) is 0 Å². The Kier molecular flexibility index (Phi) is 5.37. The number of rotatable bonds is 6. The summed E-state index contributed by atoms with van der Waals surface area (Å²) in [4.78, 5) is 0. The Morgan fingerprint density at radius 3 is 1.95 bits per heavy atom. The summed E-state index contributed by atoms with van der Waals surface area (Å²) in [5, 5.41) is 3.65. The van der Waals surface area contributed by atoms with Crippen molar-refractivity contribution in [3.05, 3.63) is 71.8 Å². The van der Waals surface area contributed by atoms with E-state index in [9.17, 15) is 0 Å². The molecule has 0 saturated carbocycles. The van der Waals surface area contributed by atoms with Crippen LogP contribution in [0.25, 0.3) is 0 Å². The minimum atomic E-state index is 0.491. The van der Waals surface area contributed by atoms with Crippen LogP contribution in [-0.2, 0) is 6.54 Å². The molecule has 2 aromatic rings. The van der Waals surface area contributed by atoms with Gasteiger partial charge in [0.1, 0.15) is 0 Å². The standard InChI is InChI=1S/C19H25N/c1-15(16(2)19-12-8-5-9-13-19)17(3)20-14-18-10-6-4-7-11-18/h4-13,15-17,20H,14H2,1-3H3. The fourth-order valence-electron chi connectivity index (χ4n) is 2.55. The van der Waals surface area contributed by atoms with Gasteiger partial charge in [0.15, 0.2) is 0 Å². The van der Waals surface area contributed by atoms with Gasteiger partial charge >= 0.3 is 0 Å². The SMILES string of the molecule is CC(NCc1ccccc1)C(C)C(C)c1ccccc1. The largest absolute Gasteiger partial charge is 0.310 e. The summed E-state index contributed by atoms with van der Waals surface area (Å²) in [6.45, 7) is 7.88. The Morgan fingerprint density at radius 1 is 0.800 bits per heavy atom. The minimum absolute atomic E-state index is 0.491. The zero-order valence-electron chi connectivity index (χ0n) is 12.7. The third-order valence-electron chi connectivity index (χ3n) is 4.37. The lowest BCUT2D eigenvalue weighted by atomic mass is 9.84. The molecule has 2 aromatic carbocycles. The van der Waals surface area contributed by atoms with Gasteiger partial charge in [0, 0.05) is 12.6 Å². The van der Waals surface area contributed by atoms with Crippen LogP contribution in [0.4, 0.5) is 0 Å². The van der Waals surface area contributed by atoms with Gasteiger partial charge in [0.05, 0.1) is 0 Å². The van der Waals surface area contributed by atoms with E-state index in [1.54, 1.807) is 0 Å². The monoisotopic (exact) mass is 267 g/mol. The summed E-state index contributed by atoms with van der Waals surface area (Å²) in [5.41, 5.74) is 2.77. The van der Waals surface area contributed by atoms with Crippen molar-refractivity contribution in [2.24, 2.45) is 5.92 Å². The molecule has 0 bridgehead atoms. The summed E-state index contributed by atoms with van der Waals surface area (Å²) in [7, 11) is 0. The van der Waals surface area contributed by atoms with Crippen LogP contribution >= 0.6 is 0 Å². The third-order valence-corrected chi connectivity index (χ3v) is 4.37. The summed E-state index contributed by atoms with van der Waals surface area (Å²) in [6, 6.07) is 21.9. The van der Waals surface area contributed by atoms with E-state index in [0.717, 1.165) is 6.54 Å². The lowest BCUT2D eigenvalue weighted by Gasteiger charge is -2.27. The zero-order valence-corrected chi connectivity index (χ0v) is 12.7. The quantitative estimate of drug-likeness (QED) is 0.806. The van der Waals surface area contributed by atoms with Gasteiger partial charge in [-0.3, -0.25) is 0 Å². The van der Waals surface area contributed by atoms with E-state index >= 15 is 0 Å². The Labute approximate surface area is 123 Å². The summed E-state index contributed by atoms with van der Waals surface area (Å²) < 4.78 is 0. The van der Waals surface area contributed by atoms with Crippen molar-refractivity contribution in [1.29, 1.82) is 0 Å². The minimum Gasteiger partial charge on any atom is -0.310 e. The average Bonchev–Trinajstić information content (AvgIpc) is 2.53. The van der Waals surface area contributed by atoms with Crippen LogP contribution in [-0.4, -0.2) is 6.04 Å². The van der Waals surface area contributed by atoms with Gasteiger partial charge in [-0.15, -0.1) is 0 Å². The van der Waals surface area contributed by atoms with E-state index in [4.69, 9.17) is 0 Å². The van der Waals surface area contributed by atoms with Gasteiger partial charge in [-0.05, 0) is 29.9 Å². The van der Waals surface area contributed by atoms with Crippen LogP contribution in [0.15, 0.2) is 60.7 Å². The molecule has 0 aliphatic rings. The first-order valence-corrected chi connectivity index (χ1v) is 7.50. The molecule has 0 saturated heterocycles. The molecule has 1 N–H and O–H groups in total. The molecular formula is C19H25N. The fourth-order valence-corrected chi connectivity index (χ4v) is 2.55. The number of nitrogens with one attached hydrogen (secondary N) is 1. The molecule has 3 atom stereocenters. The van der Waals surface area contributed by atoms with Crippen molar-refractivity contribution in [3.8, 4) is 0 Å². The van der Waals surface area contributed by atoms with Gasteiger partial charge in [-0.2, -0.15) is 0 Å². The second kappa shape index (κ2) is 7.25. The van der Waals surface area contributed by atoms with E-state index in [1.165, 1.54) is 11.1 Å². The molecular weight excluding hydrogens is 242 g/mol. The second-order valence-electron chi connectivity index (χ2n) is 5.71. The highest BCUT2D eigenvalue weighted by molar-refractivity contribution is 5.20. The number of hydrogen-bond acceptors (Lipinski definition) is 1. The first-order valence-electron chi connectivity index (χ1n) is 7.50. The summed E-state index contributed by atoms with van der Waals surface area (Å²) >= 11 is 0. The third kappa shape index (κ3) is 3.94. The van der Waals surface area contributed by atoms with Crippen LogP contribution in [0, 0.1) is 5.92 Å². The molecule has 20 heavy (non-hydrogen) atoms. The Hall–Kier alpha value is -1.60. The van der Waals surface area contributed by atoms with Crippen molar-refractivity contribution in [3.63, 3.8) is 0 Å². The molecule has 2 rings (SSSR count).